The number of carbonyl (C=O) groups excluding carboxylic acids is 2. The molecule has 0 radical (unpaired) electrons. The number of likely N-dealkylation sites (tertiary alicyclic amines) is 1. The summed E-state index contributed by atoms with van der Waals surface area (Å²) in [7, 11) is 0. The Balaban J connectivity index is 1.51. The minimum absolute atomic E-state index is 0.0251. The number of nitrogens with one attached hydrogen (secondary N) is 2. The minimum atomic E-state index is -0.558. The lowest BCUT2D eigenvalue weighted by atomic mass is 10.2. The molecule has 2 atom stereocenters. The van der Waals surface area contributed by atoms with E-state index < -0.39 is 6.04 Å². The normalized spacial score (nSPS) is 21.5. The van der Waals surface area contributed by atoms with Gasteiger partial charge in [-0.05, 0) is 39.5 Å². The fourth-order valence-electron chi connectivity index (χ4n) is 3.50. The molecule has 2 aromatic heterocycles. The molecule has 1 aliphatic heterocycles. The van der Waals surface area contributed by atoms with Gasteiger partial charge in [0, 0.05) is 24.7 Å². The van der Waals surface area contributed by atoms with Crippen molar-refractivity contribution in [2.45, 2.75) is 57.5 Å². The molecular weight excluding hydrogens is 318 g/mol. The molecule has 132 valence electrons. The first-order chi connectivity index (χ1) is 12.0. The molecular formula is C18H23N5O2. The molecule has 2 N–H and O–H groups in total. The molecule has 1 saturated carbocycles. The average Bonchev–Trinajstić information content (AvgIpc) is 3.23. The number of nitrogens with zero attached hydrogens (tertiary/aromatic N) is 3. The molecule has 0 spiro atoms. The molecule has 25 heavy (non-hydrogen) atoms. The molecule has 1 saturated heterocycles. The lowest BCUT2D eigenvalue weighted by molar-refractivity contribution is -0.133. The van der Waals surface area contributed by atoms with Crippen LogP contribution >= 0.6 is 0 Å². The molecule has 3 heterocycles. The maximum Gasteiger partial charge on any atom is 0.255 e. The zero-order valence-electron chi connectivity index (χ0n) is 14.6. The van der Waals surface area contributed by atoms with E-state index >= 15 is 0 Å². The molecule has 7 nitrogen and oxygen atoms in total. The van der Waals surface area contributed by atoms with E-state index in [4.69, 9.17) is 0 Å². The SMILES string of the molecule is CC1CCCN1C(=O)[C@@H](C)NC(=O)c1c[nH]c2ncc(C3CC3)nc12. The highest BCUT2D eigenvalue weighted by molar-refractivity contribution is 6.05. The third-order valence-corrected chi connectivity index (χ3v) is 5.19. The molecule has 0 aromatic carbocycles. The summed E-state index contributed by atoms with van der Waals surface area (Å²) >= 11 is 0. The van der Waals surface area contributed by atoms with Crippen molar-refractivity contribution in [2.75, 3.05) is 6.54 Å². The first kappa shape index (κ1) is 16.1. The Morgan fingerprint density at radius 3 is 2.84 bits per heavy atom. The van der Waals surface area contributed by atoms with E-state index in [1.807, 2.05) is 11.8 Å². The van der Waals surface area contributed by atoms with Crippen molar-refractivity contribution in [3.63, 3.8) is 0 Å². The van der Waals surface area contributed by atoms with Gasteiger partial charge in [0.2, 0.25) is 5.91 Å². The van der Waals surface area contributed by atoms with E-state index in [1.165, 1.54) is 0 Å². The lowest BCUT2D eigenvalue weighted by Crippen LogP contribution is -2.47. The second-order valence-corrected chi connectivity index (χ2v) is 7.19. The first-order valence-corrected chi connectivity index (χ1v) is 9.00. The predicted molar refractivity (Wildman–Crippen MR) is 93.2 cm³/mol. The topological polar surface area (TPSA) is 91.0 Å². The molecule has 2 fully saturated rings. The number of hydrogen-bond donors (Lipinski definition) is 2. The average molecular weight is 341 g/mol. The Labute approximate surface area is 146 Å². The van der Waals surface area contributed by atoms with E-state index in [0.717, 1.165) is 37.9 Å². The Morgan fingerprint density at radius 1 is 1.36 bits per heavy atom. The molecule has 7 heteroatoms. The van der Waals surface area contributed by atoms with Crippen molar-refractivity contribution in [3.8, 4) is 0 Å². The summed E-state index contributed by atoms with van der Waals surface area (Å²) in [6.45, 7) is 4.55. The first-order valence-electron chi connectivity index (χ1n) is 9.00. The summed E-state index contributed by atoms with van der Waals surface area (Å²) in [5, 5.41) is 2.82. The van der Waals surface area contributed by atoms with Gasteiger partial charge in [-0.3, -0.25) is 9.59 Å². The van der Waals surface area contributed by atoms with E-state index in [0.29, 0.717) is 22.6 Å². The van der Waals surface area contributed by atoms with Gasteiger partial charge >= 0.3 is 0 Å². The summed E-state index contributed by atoms with van der Waals surface area (Å²) in [6, 6.07) is -0.315. The van der Waals surface area contributed by atoms with E-state index in [2.05, 4.69) is 20.3 Å². The van der Waals surface area contributed by atoms with Crippen LogP contribution in [0, 0.1) is 0 Å². The number of fused-ring (bicyclic) bond motifs is 1. The van der Waals surface area contributed by atoms with Crippen molar-refractivity contribution in [2.24, 2.45) is 0 Å². The lowest BCUT2D eigenvalue weighted by Gasteiger charge is -2.25. The van der Waals surface area contributed by atoms with E-state index in [1.54, 1.807) is 19.3 Å². The van der Waals surface area contributed by atoms with Crippen LogP contribution in [0.4, 0.5) is 0 Å². The van der Waals surface area contributed by atoms with Crippen molar-refractivity contribution >= 4 is 23.0 Å². The minimum Gasteiger partial charge on any atom is -0.344 e. The number of aromatic nitrogens is 3. The second kappa shape index (κ2) is 6.13. The number of H-pyrrole nitrogens is 1. The van der Waals surface area contributed by atoms with Crippen LogP contribution in [0.25, 0.3) is 11.2 Å². The smallest absolute Gasteiger partial charge is 0.255 e. The van der Waals surface area contributed by atoms with Crippen LogP contribution in [0.2, 0.25) is 0 Å². The van der Waals surface area contributed by atoms with Gasteiger partial charge in [-0.15, -0.1) is 0 Å². The monoisotopic (exact) mass is 341 g/mol. The Kier molecular flexibility index (Phi) is 3.94. The van der Waals surface area contributed by atoms with Gasteiger partial charge in [0.1, 0.15) is 11.6 Å². The fourth-order valence-corrected chi connectivity index (χ4v) is 3.50. The van der Waals surface area contributed by atoms with Crippen LogP contribution in [-0.2, 0) is 4.79 Å². The maximum atomic E-state index is 12.7. The molecule has 1 unspecified atom stereocenters. The van der Waals surface area contributed by atoms with Crippen LogP contribution in [-0.4, -0.2) is 50.3 Å². The highest BCUT2D eigenvalue weighted by Gasteiger charge is 2.30. The van der Waals surface area contributed by atoms with Crippen LogP contribution in [0.3, 0.4) is 0 Å². The van der Waals surface area contributed by atoms with Gasteiger partial charge in [0.15, 0.2) is 5.65 Å². The quantitative estimate of drug-likeness (QED) is 0.889. The maximum absolute atomic E-state index is 12.7. The van der Waals surface area contributed by atoms with Crippen molar-refractivity contribution in [1.29, 1.82) is 0 Å². The molecule has 4 rings (SSSR count). The number of hydrogen-bond acceptors (Lipinski definition) is 4. The third-order valence-electron chi connectivity index (χ3n) is 5.19. The van der Waals surface area contributed by atoms with Crippen LogP contribution < -0.4 is 5.32 Å². The van der Waals surface area contributed by atoms with Crippen LogP contribution in [0.15, 0.2) is 12.4 Å². The number of carbonyl (C=O) groups is 2. The Hall–Kier alpha value is -2.44. The highest BCUT2D eigenvalue weighted by atomic mass is 16.2. The number of rotatable bonds is 4. The molecule has 2 aliphatic rings. The Morgan fingerprint density at radius 2 is 2.16 bits per heavy atom. The van der Waals surface area contributed by atoms with Crippen LogP contribution in [0.1, 0.15) is 61.5 Å². The molecule has 0 bridgehead atoms. The zero-order valence-corrected chi connectivity index (χ0v) is 14.6. The second-order valence-electron chi connectivity index (χ2n) is 7.19. The molecule has 1 aliphatic carbocycles. The van der Waals surface area contributed by atoms with E-state index in [-0.39, 0.29) is 17.9 Å². The summed E-state index contributed by atoms with van der Waals surface area (Å²) < 4.78 is 0. The van der Waals surface area contributed by atoms with Gasteiger partial charge in [-0.2, -0.15) is 0 Å². The van der Waals surface area contributed by atoms with Gasteiger partial charge in [0.25, 0.3) is 5.91 Å². The largest absolute Gasteiger partial charge is 0.344 e. The Bertz CT molecular complexity index is 826. The van der Waals surface area contributed by atoms with Gasteiger partial charge in [-0.1, -0.05) is 0 Å². The number of amides is 2. The number of aromatic amines is 1. The summed E-state index contributed by atoms with van der Waals surface area (Å²) in [5.74, 6) is 0.156. The van der Waals surface area contributed by atoms with Crippen LogP contribution in [0.5, 0.6) is 0 Å². The van der Waals surface area contributed by atoms with E-state index in [9.17, 15) is 9.59 Å². The van der Waals surface area contributed by atoms with Gasteiger partial charge in [-0.25, -0.2) is 9.97 Å². The zero-order chi connectivity index (χ0) is 17.6. The van der Waals surface area contributed by atoms with Gasteiger partial charge in [0.05, 0.1) is 17.5 Å². The summed E-state index contributed by atoms with van der Waals surface area (Å²) in [5.41, 5.74) is 2.56. The van der Waals surface area contributed by atoms with Crippen molar-refractivity contribution < 1.29 is 9.59 Å². The van der Waals surface area contributed by atoms with Crippen molar-refractivity contribution in [1.82, 2.24) is 25.2 Å². The summed E-state index contributed by atoms with van der Waals surface area (Å²) in [4.78, 5) is 39.0. The van der Waals surface area contributed by atoms with Gasteiger partial charge < -0.3 is 15.2 Å². The fraction of sp³-hybridized carbons (Fsp3) is 0.556. The standard InChI is InChI=1S/C18H23N5O2/c1-10-4-3-7-23(10)18(25)11(2)21-17(24)13-8-19-16-15(13)22-14(9-20-16)12-5-6-12/h8-12H,3-7H2,1-2H3,(H,19,20)(H,21,24)/t10?,11-/m1/s1. The van der Waals surface area contributed by atoms with Crippen molar-refractivity contribution in [3.05, 3.63) is 23.7 Å². The third kappa shape index (κ3) is 2.99. The molecule has 2 amide bonds. The summed E-state index contributed by atoms with van der Waals surface area (Å²) in [6.07, 6.45) is 7.70. The molecule has 2 aromatic rings. The predicted octanol–water partition coefficient (Wildman–Crippen LogP) is 1.96. The highest BCUT2D eigenvalue weighted by Crippen LogP contribution is 2.39.